The number of hydrogen-bond acceptors (Lipinski definition) is 23. The first-order chi connectivity index (χ1) is 37.7. The van der Waals surface area contributed by atoms with Gasteiger partial charge in [0.15, 0.2) is 5.13 Å². The minimum Gasteiger partial charge on any atom is -0.469 e. The molecule has 8 aromatic rings. The number of nitrogens with one attached hydrogen (secondary N) is 5. The Bertz CT molecular complexity index is 3480. The van der Waals surface area contributed by atoms with E-state index in [0.29, 0.717) is 53.8 Å². The van der Waals surface area contributed by atoms with Crippen LogP contribution in [0.2, 0.25) is 0 Å². The zero-order valence-electron chi connectivity index (χ0n) is 41.8. The van der Waals surface area contributed by atoms with Crippen molar-refractivity contribution in [1.29, 1.82) is 0 Å². The molecule has 78 heavy (non-hydrogen) atoms. The molecule has 0 spiro atoms. The van der Waals surface area contributed by atoms with E-state index in [0.717, 1.165) is 46.2 Å². The lowest BCUT2D eigenvalue weighted by Crippen LogP contribution is -2.33. The van der Waals surface area contributed by atoms with Crippen LogP contribution in [-0.4, -0.2) is 111 Å². The molecule has 1 aromatic carbocycles. The summed E-state index contributed by atoms with van der Waals surface area (Å²) in [6, 6.07) is 12.7. The number of methoxy groups -OCH3 is 2. The highest BCUT2D eigenvalue weighted by Gasteiger charge is 2.28. The number of esters is 1. The van der Waals surface area contributed by atoms with Crippen molar-refractivity contribution in [2.75, 3.05) is 45.1 Å². The van der Waals surface area contributed by atoms with E-state index in [2.05, 4.69) is 58.4 Å². The van der Waals surface area contributed by atoms with Gasteiger partial charge in [-0.1, -0.05) is 41.7 Å². The van der Waals surface area contributed by atoms with Crippen LogP contribution in [0.1, 0.15) is 82.1 Å². The van der Waals surface area contributed by atoms with Crippen molar-refractivity contribution in [3.8, 4) is 43.4 Å². The highest BCUT2D eigenvalue weighted by molar-refractivity contribution is 7.16. The average molecular weight is 1170 g/mol. The SMILES string of the molecule is CNC(=O)C[C@H](NC(=O)c1csc(-c2ccc(-c3nc(NC(=O)OCCCC(=O)OC)cs3)nc2-c2csc(-c3csc(CCc4ccccc4)n3)n2)n1)c1nc(C(=O)Nc2nc(C(=O)NCC(N)=O)c(COC)s2)c(C)s1. The first-order valence-corrected chi connectivity index (χ1v) is 28.6. The Hall–Kier alpha value is -7.80. The summed E-state index contributed by atoms with van der Waals surface area (Å²) < 4.78 is 15.0. The molecule has 23 nitrogen and oxygen atoms in total. The second kappa shape index (κ2) is 26.5. The molecule has 0 saturated carbocycles. The second-order valence-corrected chi connectivity index (χ2v) is 22.3. The van der Waals surface area contributed by atoms with Crippen LogP contribution in [-0.2, 0) is 48.0 Å². The fourth-order valence-electron chi connectivity index (χ4n) is 7.16. The van der Waals surface area contributed by atoms with Crippen LogP contribution in [0.3, 0.4) is 0 Å². The fraction of sp³-hybridized carbons (Fsp3) is 0.265. The number of carbonyl (C=O) groups excluding carboxylic acids is 7. The van der Waals surface area contributed by atoms with Crippen molar-refractivity contribution in [2.45, 2.75) is 51.7 Å². The van der Waals surface area contributed by atoms with Crippen LogP contribution in [0, 0.1) is 6.92 Å². The number of rotatable bonds is 24. The summed E-state index contributed by atoms with van der Waals surface area (Å²) >= 11 is 7.48. The molecular weight excluding hydrogens is 1120 g/mol. The van der Waals surface area contributed by atoms with Crippen LogP contribution >= 0.6 is 68.0 Å². The van der Waals surface area contributed by atoms with Crippen molar-refractivity contribution in [1.82, 2.24) is 50.8 Å². The normalized spacial score (nSPS) is 11.4. The van der Waals surface area contributed by atoms with Crippen molar-refractivity contribution < 1.29 is 47.8 Å². The van der Waals surface area contributed by atoms with Crippen LogP contribution < -0.4 is 32.3 Å². The third kappa shape index (κ3) is 14.6. The fourth-order valence-corrected chi connectivity index (χ4v) is 12.2. The van der Waals surface area contributed by atoms with Crippen LogP contribution in [0.5, 0.6) is 0 Å². The van der Waals surface area contributed by atoms with Gasteiger partial charge in [-0.2, -0.15) is 0 Å². The predicted octanol–water partition coefficient (Wildman–Crippen LogP) is 7.30. The van der Waals surface area contributed by atoms with Gasteiger partial charge < -0.3 is 35.9 Å². The van der Waals surface area contributed by atoms with Gasteiger partial charge in [0.2, 0.25) is 11.8 Å². The average Bonchev–Trinajstić information content (AvgIpc) is 4.33. The van der Waals surface area contributed by atoms with E-state index >= 15 is 0 Å². The Balaban J connectivity index is 1.03. The number of hydrogen-bond donors (Lipinski definition) is 6. The molecule has 0 unspecified atom stereocenters. The van der Waals surface area contributed by atoms with E-state index in [1.54, 1.807) is 41.2 Å². The number of nitrogens with zero attached hydrogens (tertiary/aromatic N) is 7. The maximum absolute atomic E-state index is 14.1. The summed E-state index contributed by atoms with van der Waals surface area (Å²) in [5.74, 6) is -3.32. The molecule has 8 rings (SSSR count). The van der Waals surface area contributed by atoms with E-state index in [1.165, 1.54) is 60.8 Å². The van der Waals surface area contributed by atoms with Crippen molar-refractivity contribution in [3.05, 3.63) is 106 Å². The van der Waals surface area contributed by atoms with E-state index in [9.17, 15) is 33.6 Å². The summed E-state index contributed by atoms with van der Waals surface area (Å²) in [5.41, 5.74) is 9.03. The van der Waals surface area contributed by atoms with E-state index in [4.69, 9.17) is 35.1 Å². The molecule has 7 aromatic heterocycles. The molecule has 7 N–H and O–H groups in total. The third-order valence-electron chi connectivity index (χ3n) is 10.9. The molecule has 0 radical (unpaired) electrons. The van der Waals surface area contributed by atoms with Gasteiger partial charge in [0, 0.05) is 59.0 Å². The van der Waals surface area contributed by atoms with Gasteiger partial charge in [-0.25, -0.2) is 39.7 Å². The standard InChI is InChI=1S/C49H47N13O10S6/c1-24-38(43(68)62-48-61-40(32(78-48)19-70-3)42(67)52-18-33(50)63)60-47(77-24)28(17-35(64)51-2)55-41(66)30-21-74-44(57-30)26-13-14-27(45-58-34(23-76-45)59-49(69)72-16-8-11-37(65)71-4)54-39(26)29-20-75-46(56-29)31-22-73-36(53-31)15-12-25-9-6-5-7-10-25/h5-7,9-10,13-14,20-23,28H,8,11-12,15-19H2,1-4H3,(H2,50,63)(H,51,64)(H,52,67)(H,55,66)(H,59,69)(H,61,62,68)/t28-/m0/s1. The summed E-state index contributed by atoms with van der Waals surface area (Å²) in [5, 5.41) is 23.0. The second-order valence-electron chi connectivity index (χ2n) is 16.4. The Labute approximate surface area is 468 Å². The number of aromatic nitrogens is 7. The predicted molar refractivity (Wildman–Crippen MR) is 297 cm³/mol. The van der Waals surface area contributed by atoms with E-state index < -0.39 is 54.2 Å². The van der Waals surface area contributed by atoms with Gasteiger partial charge in [0.05, 0.1) is 54.9 Å². The molecular formula is C49H47N13O10S6. The van der Waals surface area contributed by atoms with E-state index in [1.807, 2.05) is 29.0 Å². The largest absolute Gasteiger partial charge is 0.469 e. The number of aryl methyl sites for hydroxylation is 3. The molecule has 1 atom stereocenters. The van der Waals surface area contributed by atoms with Gasteiger partial charge in [0.1, 0.15) is 60.0 Å². The lowest BCUT2D eigenvalue weighted by Gasteiger charge is -2.15. The first kappa shape index (κ1) is 56.4. The topological polar surface area (TPSA) is 324 Å². The number of ether oxygens (including phenoxy) is 3. The highest BCUT2D eigenvalue weighted by atomic mass is 32.1. The smallest absolute Gasteiger partial charge is 0.412 e. The first-order valence-electron chi connectivity index (χ1n) is 23.4. The minimum absolute atomic E-state index is 0.00114. The number of carbonyl (C=O) groups is 7. The molecule has 7 heterocycles. The Morgan fingerprint density at radius 2 is 1.49 bits per heavy atom. The number of benzene rings is 1. The summed E-state index contributed by atoms with van der Waals surface area (Å²) in [4.78, 5) is 123. The lowest BCUT2D eigenvalue weighted by atomic mass is 10.1. The number of anilines is 2. The Kier molecular flexibility index (Phi) is 19.2. The summed E-state index contributed by atoms with van der Waals surface area (Å²) in [6.45, 7) is 1.24. The number of amides is 6. The molecule has 0 aliphatic heterocycles. The number of nitrogens with two attached hydrogens (primary N) is 1. The van der Waals surface area contributed by atoms with Gasteiger partial charge in [-0.3, -0.25) is 39.4 Å². The molecule has 0 bridgehead atoms. The minimum atomic E-state index is -0.998. The van der Waals surface area contributed by atoms with Gasteiger partial charge >= 0.3 is 12.1 Å². The maximum atomic E-state index is 14.1. The van der Waals surface area contributed by atoms with Gasteiger partial charge in [-0.05, 0) is 37.5 Å². The molecule has 0 aliphatic carbocycles. The van der Waals surface area contributed by atoms with Crippen LogP contribution in [0.25, 0.3) is 43.4 Å². The quantitative estimate of drug-likeness (QED) is 0.0255. The zero-order valence-corrected chi connectivity index (χ0v) is 46.7. The van der Waals surface area contributed by atoms with Crippen molar-refractivity contribution >= 4 is 121 Å². The molecule has 6 amide bonds. The third-order valence-corrected chi connectivity index (χ3v) is 16.5. The molecule has 0 saturated heterocycles. The molecule has 29 heteroatoms. The zero-order chi connectivity index (χ0) is 55.3. The Morgan fingerprint density at radius 3 is 2.26 bits per heavy atom. The molecule has 0 aliphatic rings. The molecule has 0 fully saturated rings. The summed E-state index contributed by atoms with van der Waals surface area (Å²) in [7, 11) is 4.17. The number of pyridine rings is 1. The lowest BCUT2D eigenvalue weighted by molar-refractivity contribution is -0.141. The van der Waals surface area contributed by atoms with Crippen LogP contribution in [0.4, 0.5) is 15.7 Å². The van der Waals surface area contributed by atoms with Gasteiger partial charge in [-0.15, -0.1) is 56.7 Å². The monoisotopic (exact) mass is 1170 g/mol. The number of primary amides is 1. The number of thiazole rings is 6. The van der Waals surface area contributed by atoms with Gasteiger partial charge in [0.25, 0.3) is 17.7 Å². The van der Waals surface area contributed by atoms with Crippen molar-refractivity contribution in [2.24, 2.45) is 5.73 Å². The highest BCUT2D eigenvalue weighted by Crippen LogP contribution is 2.38. The van der Waals surface area contributed by atoms with Crippen molar-refractivity contribution in [3.63, 3.8) is 0 Å². The molecule has 404 valence electrons. The maximum Gasteiger partial charge on any atom is 0.412 e. The van der Waals surface area contributed by atoms with Crippen LogP contribution in [0.15, 0.2) is 64.0 Å². The van der Waals surface area contributed by atoms with E-state index in [-0.39, 0.29) is 59.1 Å². The Morgan fingerprint density at radius 1 is 0.718 bits per heavy atom. The summed E-state index contributed by atoms with van der Waals surface area (Å²) in [6.07, 6.45) is 1.03.